The molecular formula is C28H37N7O4. The zero-order chi connectivity index (χ0) is 27.9. The molecule has 1 aliphatic carbocycles. The Balaban J connectivity index is 1.47. The van der Waals surface area contributed by atoms with Crippen LogP contribution in [0.2, 0.25) is 0 Å². The number of hydrogen-bond donors (Lipinski definition) is 3. The number of piperidine rings is 1. The number of nitro groups is 1. The molecular weight excluding hydrogens is 498 g/mol. The molecule has 11 heteroatoms. The fourth-order valence-electron chi connectivity index (χ4n) is 5.57. The highest BCUT2D eigenvalue weighted by molar-refractivity contribution is 5.86. The molecule has 1 saturated carbocycles. The minimum Gasteiger partial charge on any atom is -0.465 e. The first-order chi connectivity index (χ1) is 18.4. The molecule has 0 spiro atoms. The molecule has 2 fully saturated rings. The molecule has 11 nitrogen and oxygen atoms in total. The van der Waals surface area contributed by atoms with Crippen LogP contribution in [0.1, 0.15) is 76.8 Å². The quantitative estimate of drug-likeness (QED) is 0.239. The third-order valence-corrected chi connectivity index (χ3v) is 7.78. The molecule has 1 aliphatic heterocycles. The highest BCUT2D eigenvalue weighted by Crippen LogP contribution is 2.42. The van der Waals surface area contributed by atoms with Crippen LogP contribution in [0.4, 0.5) is 22.1 Å². The second-order valence-corrected chi connectivity index (χ2v) is 12.3. The number of carbonyl (C=O) groups is 1. The van der Waals surface area contributed by atoms with Crippen LogP contribution in [0.5, 0.6) is 0 Å². The molecule has 5 rings (SSSR count). The Bertz CT molecular complexity index is 1390. The maximum absolute atomic E-state index is 12.5. The largest absolute Gasteiger partial charge is 0.465 e. The van der Waals surface area contributed by atoms with Crippen molar-refractivity contribution in [1.82, 2.24) is 19.9 Å². The predicted octanol–water partition coefficient (Wildman–Crippen LogP) is 5.56. The van der Waals surface area contributed by atoms with Gasteiger partial charge in [-0.25, -0.2) is 9.78 Å². The predicted molar refractivity (Wildman–Crippen MR) is 149 cm³/mol. The van der Waals surface area contributed by atoms with E-state index in [2.05, 4.69) is 43.4 Å². The summed E-state index contributed by atoms with van der Waals surface area (Å²) >= 11 is 0. The van der Waals surface area contributed by atoms with Crippen molar-refractivity contribution < 1.29 is 14.8 Å². The summed E-state index contributed by atoms with van der Waals surface area (Å²) in [7, 11) is 0. The Kier molecular flexibility index (Phi) is 6.96. The lowest BCUT2D eigenvalue weighted by molar-refractivity contribution is -0.384. The first-order valence-electron chi connectivity index (χ1n) is 13.6. The highest BCUT2D eigenvalue weighted by atomic mass is 16.6. The molecule has 3 heterocycles. The van der Waals surface area contributed by atoms with E-state index < -0.39 is 11.0 Å². The summed E-state index contributed by atoms with van der Waals surface area (Å²) in [5.41, 5.74) is 1.95. The number of nitro benzene ring substituents is 1. The number of aromatic nitrogens is 3. The summed E-state index contributed by atoms with van der Waals surface area (Å²) < 4.78 is 1.57. The molecule has 0 unspecified atom stereocenters. The van der Waals surface area contributed by atoms with Gasteiger partial charge in [0.25, 0.3) is 5.69 Å². The number of non-ortho nitro benzene ring substituents is 1. The fourth-order valence-corrected chi connectivity index (χ4v) is 5.57. The van der Waals surface area contributed by atoms with Gasteiger partial charge in [-0.05, 0) is 83.7 Å². The summed E-state index contributed by atoms with van der Waals surface area (Å²) in [4.78, 5) is 29.4. The molecule has 0 radical (unpaired) electrons. The third-order valence-electron chi connectivity index (χ3n) is 7.78. The van der Waals surface area contributed by atoms with Gasteiger partial charge in [0, 0.05) is 34.8 Å². The van der Waals surface area contributed by atoms with Crippen molar-refractivity contribution in [3.05, 3.63) is 57.8 Å². The van der Waals surface area contributed by atoms with Gasteiger partial charge in [0.05, 0.1) is 17.7 Å². The van der Waals surface area contributed by atoms with E-state index in [0.717, 1.165) is 44.2 Å². The molecule has 1 atom stereocenters. The van der Waals surface area contributed by atoms with Gasteiger partial charge in [0.15, 0.2) is 5.65 Å². The number of amides is 1. The molecule has 0 bridgehead atoms. The SMILES string of the molecule is CC1(C)CC[C@@H](CC(C)(C)Nc2cc(N(Cc3cccc([N+](=O)[O-])c3)C(=O)O)n3ncc(C4CC4)c3n2)CN1. The monoisotopic (exact) mass is 535 g/mol. The van der Waals surface area contributed by atoms with Crippen molar-refractivity contribution in [3.8, 4) is 0 Å². The van der Waals surface area contributed by atoms with Crippen molar-refractivity contribution in [2.45, 2.75) is 83.3 Å². The van der Waals surface area contributed by atoms with E-state index in [1.165, 1.54) is 17.0 Å². The van der Waals surface area contributed by atoms with Crippen molar-refractivity contribution in [2.24, 2.45) is 5.92 Å². The van der Waals surface area contributed by atoms with Gasteiger partial charge in [-0.3, -0.25) is 15.0 Å². The van der Waals surface area contributed by atoms with Gasteiger partial charge >= 0.3 is 6.09 Å². The van der Waals surface area contributed by atoms with Crippen LogP contribution in [0, 0.1) is 16.0 Å². The molecule has 1 aromatic carbocycles. The molecule has 3 N–H and O–H groups in total. The Labute approximate surface area is 227 Å². The van der Waals surface area contributed by atoms with E-state index >= 15 is 0 Å². The van der Waals surface area contributed by atoms with Crippen LogP contribution < -0.4 is 15.5 Å². The van der Waals surface area contributed by atoms with Gasteiger partial charge in [0.2, 0.25) is 0 Å². The minimum absolute atomic E-state index is 0.0683. The lowest BCUT2D eigenvalue weighted by atomic mass is 9.81. The minimum atomic E-state index is -1.18. The first-order valence-corrected chi connectivity index (χ1v) is 13.6. The number of benzene rings is 1. The fraction of sp³-hybridized carbons (Fsp3) is 0.536. The highest BCUT2D eigenvalue weighted by Gasteiger charge is 2.33. The number of carboxylic acid groups (broad SMARTS) is 1. The second-order valence-electron chi connectivity index (χ2n) is 12.3. The smallest absolute Gasteiger partial charge is 0.413 e. The van der Waals surface area contributed by atoms with Gasteiger partial charge in [-0.15, -0.1) is 0 Å². The molecule has 1 saturated heterocycles. The molecule has 2 aromatic heterocycles. The molecule has 2 aliphatic rings. The number of nitrogens with zero attached hydrogens (tertiary/aromatic N) is 5. The Morgan fingerprint density at radius 2 is 2.08 bits per heavy atom. The van der Waals surface area contributed by atoms with Crippen LogP contribution in [0.3, 0.4) is 0 Å². The van der Waals surface area contributed by atoms with Crippen LogP contribution in [0.25, 0.3) is 5.65 Å². The third kappa shape index (κ3) is 6.13. The average Bonchev–Trinajstić information content (AvgIpc) is 3.62. The second kappa shape index (κ2) is 10.1. The number of fused-ring (bicyclic) bond motifs is 1. The lowest BCUT2D eigenvalue weighted by Gasteiger charge is -2.39. The molecule has 3 aromatic rings. The van der Waals surface area contributed by atoms with E-state index in [1.54, 1.807) is 28.9 Å². The van der Waals surface area contributed by atoms with E-state index in [1.807, 2.05) is 0 Å². The van der Waals surface area contributed by atoms with Gasteiger partial charge in [0.1, 0.15) is 11.6 Å². The summed E-state index contributed by atoms with van der Waals surface area (Å²) in [6.45, 7) is 9.65. The Morgan fingerprint density at radius 1 is 1.31 bits per heavy atom. The van der Waals surface area contributed by atoms with Crippen molar-refractivity contribution >= 4 is 29.1 Å². The van der Waals surface area contributed by atoms with Crippen LogP contribution in [0.15, 0.2) is 36.5 Å². The molecule has 1 amide bonds. The van der Waals surface area contributed by atoms with Crippen molar-refractivity contribution in [1.29, 1.82) is 0 Å². The maximum atomic E-state index is 12.5. The number of anilines is 2. The summed E-state index contributed by atoms with van der Waals surface area (Å²) in [5, 5.41) is 33.3. The van der Waals surface area contributed by atoms with Gasteiger partial charge in [-0.1, -0.05) is 12.1 Å². The normalized spacial score (nSPS) is 19.1. The molecule has 208 valence electrons. The standard InChI is InChI=1S/C28H37N7O4/c1-27(2)11-10-19(15-29-27)14-28(3,4)32-23-13-24(34-25(31-23)22(16-30-34)20-8-9-20)33(26(36)37)17-18-6-5-7-21(12-18)35(38)39/h5-7,12-13,16,19-20,29H,8-11,14-15,17H2,1-4H3,(H,31,32)(H,36,37)/t19-/m0/s1. The van der Waals surface area contributed by atoms with E-state index in [4.69, 9.17) is 4.98 Å². The number of nitrogens with one attached hydrogen (secondary N) is 2. The van der Waals surface area contributed by atoms with Gasteiger partial charge in [-0.2, -0.15) is 9.61 Å². The van der Waals surface area contributed by atoms with Crippen molar-refractivity contribution in [2.75, 3.05) is 16.8 Å². The first kappa shape index (κ1) is 26.9. The topological polar surface area (TPSA) is 138 Å². The zero-order valence-electron chi connectivity index (χ0n) is 23.0. The maximum Gasteiger partial charge on any atom is 0.413 e. The Hall–Kier alpha value is -3.73. The molecule has 39 heavy (non-hydrogen) atoms. The Morgan fingerprint density at radius 3 is 2.72 bits per heavy atom. The summed E-state index contributed by atoms with van der Waals surface area (Å²) in [6, 6.07) is 7.75. The van der Waals surface area contributed by atoms with Crippen LogP contribution in [-0.2, 0) is 6.54 Å². The summed E-state index contributed by atoms with van der Waals surface area (Å²) in [5.74, 6) is 1.81. The van der Waals surface area contributed by atoms with Crippen molar-refractivity contribution in [3.63, 3.8) is 0 Å². The van der Waals surface area contributed by atoms with Gasteiger partial charge < -0.3 is 15.7 Å². The van der Waals surface area contributed by atoms with E-state index in [-0.39, 0.29) is 23.3 Å². The average molecular weight is 536 g/mol. The number of hydrogen-bond acceptors (Lipinski definition) is 7. The summed E-state index contributed by atoms with van der Waals surface area (Å²) in [6.07, 6.45) is 5.91. The lowest BCUT2D eigenvalue weighted by Crippen LogP contribution is -2.48. The number of rotatable bonds is 9. The zero-order valence-corrected chi connectivity index (χ0v) is 23.0. The van der Waals surface area contributed by atoms with Crippen LogP contribution in [-0.4, -0.2) is 48.3 Å². The van der Waals surface area contributed by atoms with E-state index in [9.17, 15) is 20.0 Å². The van der Waals surface area contributed by atoms with E-state index in [0.29, 0.717) is 34.7 Å². The van der Waals surface area contributed by atoms with Crippen LogP contribution >= 0.6 is 0 Å².